The molecule has 0 spiro atoms. The van der Waals surface area contributed by atoms with Crippen LogP contribution in [-0.2, 0) is 0 Å². The fraction of sp³-hybridized carbons (Fsp3) is 0.273. The van der Waals surface area contributed by atoms with Crippen molar-refractivity contribution >= 4 is 33.1 Å². The lowest BCUT2D eigenvalue weighted by atomic mass is 10.3. The Balaban J connectivity index is 2.10. The average Bonchev–Trinajstić information content (AvgIpc) is 2.76. The molecule has 1 N–H and O–H groups in total. The van der Waals surface area contributed by atoms with Crippen molar-refractivity contribution in [3.63, 3.8) is 0 Å². The molecule has 3 rings (SSSR count). The molecule has 2 aromatic rings. The van der Waals surface area contributed by atoms with Gasteiger partial charge in [0.05, 0.1) is 11.0 Å². The Morgan fingerprint density at radius 2 is 2.35 bits per heavy atom. The van der Waals surface area contributed by atoms with E-state index in [2.05, 4.69) is 31.2 Å². The maximum atomic E-state index is 5.56. The highest BCUT2D eigenvalue weighted by Crippen LogP contribution is 2.37. The van der Waals surface area contributed by atoms with Crippen LogP contribution in [0.2, 0.25) is 0 Å². The largest absolute Gasteiger partial charge is 0.487 e. The minimum absolute atomic E-state index is 0.670. The van der Waals surface area contributed by atoms with Gasteiger partial charge in [0.15, 0.2) is 11.6 Å². The van der Waals surface area contributed by atoms with Crippen LogP contribution in [-0.4, -0.2) is 23.1 Å². The van der Waals surface area contributed by atoms with E-state index >= 15 is 0 Å². The zero-order chi connectivity index (χ0) is 11.8. The number of ether oxygens (including phenoxy) is 1. The third-order valence-corrected chi connectivity index (χ3v) is 3.98. The van der Waals surface area contributed by atoms with Gasteiger partial charge in [-0.15, -0.1) is 11.3 Å². The molecule has 0 aromatic carbocycles. The maximum Gasteiger partial charge on any atom is 0.175 e. The summed E-state index contributed by atoms with van der Waals surface area (Å²) < 4.78 is 6.48. The number of pyridine rings is 1. The molecule has 0 radical (unpaired) electrons. The summed E-state index contributed by atoms with van der Waals surface area (Å²) in [5, 5.41) is 6.18. The van der Waals surface area contributed by atoms with Gasteiger partial charge in [-0.25, -0.2) is 9.97 Å². The third kappa shape index (κ3) is 2.02. The highest BCUT2D eigenvalue weighted by atomic mass is 79.9. The molecule has 1 aliphatic rings. The molecule has 3 heterocycles. The standard InChI is InChI=1S/C11H10BrN3OS/c1-6-5-17-11(14-6)8-4-7(12)9-10(15-8)13-2-3-16-9/h4-5H,2-3H2,1H3,(H,13,15). The van der Waals surface area contributed by atoms with Gasteiger partial charge in [-0.1, -0.05) is 0 Å². The van der Waals surface area contributed by atoms with Gasteiger partial charge in [0.1, 0.15) is 17.3 Å². The lowest BCUT2D eigenvalue weighted by Gasteiger charge is -2.19. The Hall–Kier alpha value is -1.14. The molecule has 2 aromatic heterocycles. The van der Waals surface area contributed by atoms with Crippen LogP contribution in [0.15, 0.2) is 15.9 Å². The average molecular weight is 312 g/mol. The summed E-state index contributed by atoms with van der Waals surface area (Å²) >= 11 is 5.11. The second-order valence-corrected chi connectivity index (χ2v) is 5.45. The molecule has 0 amide bonds. The smallest absolute Gasteiger partial charge is 0.175 e. The van der Waals surface area contributed by atoms with Gasteiger partial charge in [-0.3, -0.25) is 0 Å². The number of nitrogens with zero attached hydrogens (tertiary/aromatic N) is 2. The van der Waals surface area contributed by atoms with Crippen molar-refractivity contribution in [2.24, 2.45) is 0 Å². The fourth-order valence-corrected chi connectivity index (χ4v) is 2.94. The van der Waals surface area contributed by atoms with Gasteiger partial charge in [-0.05, 0) is 28.9 Å². The van der Waals surface area contributed by atoms with Gasteiger partial charge in [0.25, 0.3) is 0 Å². The quantitative estimate of drug-likeness (QED) is 0.879. The molecule has 0 unspecified atom stereocenters. The number of hydrogen-bond donors (Lipinski definition) is 1. The second kappa shape index (κ2) is 4.27. The minimum atomic E-state index is 0.670. The Morgan fingerprint density at radius 3 is 3.12 bits per heavy atom. The van der Waals surface area contributed by atoms with Crippen molar-refractivity contribution in [2.75, 3.05) is 18.5 Å². The molecule has 0 atom stereocenters. The predicted molar refractivity (Wildman–Crippen MR) is 71.8 cm³/mol. The van der Waals surface area contributed by atoms with Crippen molar-refractivity contribution in [3.05, 3.63) is 21.6 Å². The number of fused-ring (bicyclic) bond motifs is 1. The van der Waals surface area contributed by atoms with Crippen molar-refractivity contribution in [2.45, 2.75) is 6.92 Å². The lowest BCUT2D eigenvalue weighted by molar-refractivity contribution is 0.319. The Bertz CT molecular complexity index is 570. The molecule has 1 aliphatic heterocycles. The highest BCUT2D eigenvalue weighted by molar-refractivity contribution is 9.10. The first kappa shape index (κ1) is 11.0. The molecular formula is C11H10BrN3OS. The van der Waals surface area contributed by atoms with E-state index in [0.717, 1.165) is 39.0 Å². The lowest BCUT2D eigenvalue weighted by Crippen LogP contribution is -2.19. The zero-order valence-corrected chi connectivity index (χ0v) is 11.6. The summed E-state index contributed by atoms with van der Waals surface area (Å²) in [4.78, 5) is 8.98. The summed E-state index contributed by atoms with van der Waals surface area (Å²) in [7, 11) is 0. The van der Waals surface area contributed by atoms with Crippen LogP contribution in [0, 0.1) is 6.92 Å². The van der Waals surface area contributed by atoms with Crippen LogP contribution in [0.4, 0.5) is 5.82 Å². The molecule has 0 saturated heterocycles. The van der Waals surface area contributed by atoms with E-state index in [-0.39, 0.29) is 0 Å². The molecule has 0 fully saturated rings. The van der Waals surface area contributed by atoms with Crippen LogP contribution in [0.25, 0.3) is 10.7 Å². The van der Waals surface area contributed by atoms with Crippen LogP contribution >= 0.6 is 27.3 Å². The summed E-state index contributed by atoms with van der Waals surface area (Å²) in [5.41, 5.74) is 1.89. The number of halogens is 1. The molecule has 17 heavy (non-hydrogen) atoms. The van der Waals surface area contributed by atoms with E-state index in [1.807, 2.05) is 18.4 Å². The molecule has 88 valence electrons. The van der Waals surface area contributed by atoms with E-state index in [4.69, 9.17) is 4.74 Å². The molecule has 0 saturated carbocycles. The normalized spacial score (nSPS) is 13.8. The maximum absolute atomic E-state index is 5.56. The van der Waals surface area contributed by atoms with Gasteiger partial charge >= 0.3 is 0 Å². The van der Waals surface area contributed by atoms with E-state index in [1.165, 1.54) is 0 Å². The second-order valence-electron chi connectivity index (χ2n) is 3.74. The molecule has 0 aliphatic carbocycles. The van der Waals surface area contributed by atoms with E-state index in [9.17, 15) is 0 Å². The third-order valence-electron chi connectivity index (χ3n) is 2.41. The first-order valence-corrected chi connectivity index (χ1v) is 6.91. The van der Waals surface area contributed by atoms with Gasteiger partial charge < -0.3 is 10.1 Å². The van der Waals surface area contributed by atoms with Gasteiger partial charge in [0, 0.05) is 11.1 Å². The SMILES string of the molecule is Cc1csc(-c2cc(Br)c3c(n2)NCCO3)n1. The highest BCUT2D eigenvalue weighted by Gasteiger charge is 2.17. The van der Waals surface area contributed by atoms with Crippen LogP contribution in [0.3, 0.4) is 0 Å². The number of aromatic nitrogens is 2. The van der Waals surface area contributed by atoms with Crippen molar-refractivity contribution in [1.82, 2.24) is 9.97 Å². The summed E-state index contributed by atoms with van der Waals surface area (Å²) in [6, 6.07) is 1.95. The Kier molecular flexibility index (Phi) is 2.76. The summed E-state index contributed by atoms with van der Waals surface area (Å²) in [5.74, 6) is 1.57. The molecule has 4 nitrogen and oxygen atoms in total. The van der Waals surface area contributed by atoms with Crippen molar-refractivity contribution in [1.29, 1.82) is 0 Å². The first-order valence-electron chi connectivity index (χ1n) is 5.24. The number of anilines is 1. The minimum Gasteiger partial charge on any atom is -0.487 e. The zero-order valence-electron chi connectivity index (χ0n) is 9.16. The van der Waals surface area contributed by atoms with Crippen LogP contribution < -0.4 is 10.1 Å². The number of rotatable bonds is 1. The predicted octanol–water partition coefficient (Wildman–Crippen LogP) is 3.08. The van der Waals surface area contributed by atoms with Crippen molar-refractivity contribution < 1.29 is 4.74 Å². The van der Waals surface area contributed by atoms with E-state index in [0.29, 0.717) is 6.61 Å². The topological polar surface area (TPSA) is 47.0 Å². The van der Waals surface area contributed by atoms with Crippen LogP contribution in [0.5, 0.6) is 5.75 Å². The molecular weight excluding hydrogens is 302 g/mol. The summed E-state index contributed by atoms with van der Waals surface area (Å²) in [6.07, 6.45) is 0. The molecule has 6 heteroatoms. The monoisotopic (exact) mass is 311 g/mol. The van der Waals surface area contributed by atoms with Gasteiger partial charge in [0.2, 0.25) is 0 Å². The van der Waals surface area contributed by atoms with E-state index in [1.54, 1.807) is 11.3 Å². The number of aryl methyl sites for hydroxylation is 1. The first-order chi connectivity index (χ1) is 8.24. The molecule has 0 bridgehead atoms. The number of nitrogens with one attached hydrogen (secondary N) is 1. The number of thiazole rings is 1. The van der Waals surface area contributed by atoms with Crippen LogP contribution in [0.1, 0.15) is 5.69 Å². The Labute approximate surface area is 111 Å². The summed E-state index contributed by atoms with van der Waals surface area (Å²) in [6.45, 7) is 3.44. The van der Waals surface area contributed by atoms with Gasteiger partial charge in [-0.2, -0.15) is 0 Å². The fourth-order valence-electron chi connectivity index (χ4n) is 1.66. The van der Waals surface area contributed by atoms with E-state index < -0.39 is 0 Å². The Morgan fingerprint density at radius 1 is 1.47 bits per heavy atom. The van der Waals surface area contributed by atoms with Crippen molar-refractivity contribution in [3.8, 4) is 16.5 Å². The number of hydrogen-bond acceptors (Lipinski definition) is 5.